The second kappa shape index (κ2) is 6.76. The van der Waals surface area contributed by atoms with Crippen LogP contribution in [0.1, 0.15) is 38.3 Å². The molecule has 0 aromatic heterocycles. The van der Waals surface area contributed by atoms with Crippen molar-refractivity contribution >= 4 is 0 Å². The van der Waals surface area contributed by atoms with Crippen molar-refractivity contribution in [1.29, 1.82) is 0 Å². The Morgan fingerprint density at radius 2 is 1.94 bits per heavy atom. The van der Waals surface area contributed by atoms with E-state index in [-0.39, 0.29) is 0 Å². The number of nitrogens with two attached hydrogens (primary N) is 1. The number of hydrogen-bond donors (Lipinski definition) is 1. The Balaban J connectivity index is 2.48. The van der Waals surface area contributed by atoms with Gasteiger partial charge in [0.1, 0.15) is 5.75 Å². The van der Waals surface area contributed by atoms with Gasteiger partial charge >= 0.3 is 0 Å². The van der Waals surface area contributed by atoms with E-state index in [9.17, 15) is 0 Å². The van der Waals surface area contributed by atoms with Crippen LogP contribution in [0.3, 0.4) is 0 Å². The molecule has 1 rings (SSSR count). The van der Waals surface area contributed by atoms with Gasteiger partial charge in [0.05, 0.1) is 13.7 Å². The molecule has 0 aliphatic carbocycles. The van der Waals surface area contributed by atoms with Crippen LogP contribution in [-0.2, 0) is 17.9 Å². The van der Waals surface area contributed by atoms with Crippen LogP contribution < -0.4 is 10.5 Å². The van der Waals surface area contributed by atoms with Crippen molar-refractivity contribution in [2.75, 3.05) is 13.7 Å². The van der Waals surface area contributed by atoms with Crippen LogP contribution in [0.25, 0.3) is 0 Å². The van der Waals surface area contributed by atoms with Crippen molar-refractivity contribution in [3.63, 3.8) is 0 Å². The highest BCUT2D eigenvalue weighted by molar-refractivity contribution is 5.37. The van der Waals surface area contributed by atoms with E-state index in [1.165, 1.54) is 0 Å². The zero-order valence-corrected chi connectivity index (χ0v) is 12.0. The van der Waals surface area contributed by atoms with Gasteiger partial charge in [0.2, 0.25) is 0 Å². The number of ether oxygens (including phenoxy) is 2. The summed E-state index contributed by atoms with van der Waals surface area (Å²) in [5.74, 6) is 0.842. The summed E-state index contributed by atoms with van der Waals surface area (Å²) in [5, 5.41) is 0. The average Bonchev–Trinajstić information content (AvgIpc) is 2.33. The Kier molecular flexibility index (Phi) is 5.63. The Morgan fingerprint density at radius 1 is 1.22 bits per heavy atom. The van der Waals surface area contributed by atoms with E-state index in [1.54, 1.807) is 7.11 Å². The minimum absolute atomic E-state index is 0.321. The molecule has 0 heterocycles. The third-order valence-electron chi connectivity index (χ3n) is 2.84. The molecule has 0 aliphatic rings. The van der Waals surface area contributed by atoms with Crippen molar-refractivity contribution in [1.82, 2.24) is 0 Å². The fourth-order valence-corrected chi connectivity index (χ4v) is 1.62. The van der Waals surface area contributed by atoms with E-state index in [0.717, 1.165) is 29.9 Å². The highest BCUT2D eigenvalue weighted by Crippen LogP contribution is 2.21. The van der Waals surface area contributed by atoms with Gasteiger partial charge in [0, 0.05) is 18.7 Å². The lowest BCUT2D eigenvalue weighted by molar-refractivity contribution is 0.0961. The van der Waals surface area contributed by atoms with Crippen LogP contribution in [-0.4, -0.2) is 13.7 Å². The molecule has 0 saturated carbocycles. The Morgan fingerprint density at radius 3 is 2.50 bits per heavy atom. The number of benzene rings is 1. The first-order valence-electron chi connectivity index (χ1n) is 6.40. The van der Waals surface area contributed by atoms with Crippen molar-refractivity contribution in [3.8, 4) is 5.75 Å². The molecule has 0 atom stereocenters. The van der Waals surface area contributed by atoms with Crippen LogP contribution in [0.4, 0.5) is 0 Å². The van der Waals surface area contributed by atoms with E-state index < -0.39 is 0 Å². The maximum Gasteiger partial charge on any atom is 0.123 e. The van der Waals surface area contributed by atoms with Gasteiger partial charge in [-0.2, -0.15) is 0 Å². The second-order valence-corrected chi connectivity index (χ2v) is 5.71. The predicted molar refractivity (Wildman–Crippen MR) is 74.6 cm³/mol. The highest BCUT2D eigenvalue weighted by atomic mass is 16.5. The molecule has 0 fully saturated rings. The van der Waals surface area contributed by atoms with Gasteiger partial charge in [-0.1, -0.05) is 32.9 Å². The number of rotatable bonds is 6. The predicted octanol–water partition coefficient (Wildman–Crippen LogP) is 3.11. The van der Waals surface area contributed by atoms with Gasteiger partial charge in [-0.15, -0.1) is 0 Å². The van der Waals surface area contributed by atoms with Gasteiger partial charge < -0.3 is 15.2 Å². The zero-order valence-electron chi connectivity index (χ0n) is 12.0. The fraction of sp³-hybridized carbons (Fsp3) is 0.600. The summed E-state index contributed by atoms with van der Waals surface area (Å²) < 4.78 is 11.0. The third-order valence-corrected chi connectivity index (χ3v) is 2.84. The molecule has 1 aromatic carbocycles. The van der Waals surface area contributed by atoms with Crippen molar-refractivity contribution in [3.05, 3.63) is 29.3 Å². The largest absolute Gasteiger partial charge is 0.496 e. The minimum Gasteiger partial charge on any atom is -0.496 e. The first kappa shape index (κ1) is 15.0. The average molecular weight is 251 g/mol. The molecule has 18 heavy (non-hydrogen) atoms. The van der Waals surface area contributed by atoms with Crippen molar-refractivity contribution in [2.24, 2.45) is 11.1 Å². The Bertz CT molecular complexity index is 369. The van der Waals surface area contributed by atoms with E-state index in [1.807, 2.05) is 18.2 Å². The molecule has 0 spiro atoms. The summed E-state index contributed by atoms with van der Waals surface area (Å²) in [6, 6.07) is 6.04. The molecule has 3 nitrogen and oxygen atoms in total. The Hall–Kier alpha value is -1.06. The van der Waals surface area contributed by atoms with Crippen LogP contribution in [0, 0.1) is 5.41 Å². The summed E-state index contributed by atoms with van der Waals surface area (Å²) in [6.45, 7) is 8.55. The van der Waals surface area contributed by atoms with Crippen LogP contribution in [0.15, 0.2) is 18.2 Å². The molecule has 0 amide bonds. The monoisotopic (exact) mass is 251 g/mol. The standard InChI is InChI=1S/C15H25NO2/c1-15(2,3)7-8-18-11-12-5-6-13(10-16)14(9-12)17-4/h5-6,9H,7-8,10-11,16H2,1-4H3. The first-order chi connectivity index (χ1) is 8.46. The van der Waals surface area contributed by atoms with E-state index >= 15 is 0 Å². The van der Waals surface area contributed by atoms with Crippen LogP contribution in [0.5, 0.6) is 5.75 Å². The molecule has 0 radical (unpaired) electrons. The van der Waals surface area contributed by atoms with E-state index in [2.05, 4.69) is 20.8 Å². The topological polar surface area (TPSA) is 44.5 Å². The van der Waals surface area contributed by atoms with Gasteiger partial charge in [-0.05, 0) is 23.5 Å². The maximum atomic E-state index is 5.68. The van der Waals surface area contributed by atoms with Gasteiger partial charge in [-0.25, -0.2) is 0 Å². The third kappa shape index (κ3) is 5.07. The summed E-state index contributed by atoms with van der Waals surface area (Å²) >= 11 is 0. The molecule has 0 bridgehead atoms. The van der Waals surface area contributed by atoms with E-state index in [0.29, 0.717) is 18.6 Å². The second-order valence-electron chi connectivity index (χ2n) is 5.71. The zero-order chi connectivity index (χ0) is 13.6. The molecular weight excluding hydrogens is 226 g/mol. The van der Waals surface area contributed by atoms with Crippen LogP contribution >= 0.6 is 0 Å². The smallest absolute Gasteiger partial charge is 0.123 e. The van der Waals surface area contributed by atoms with Crippen molar-refractivity contribution in [2.45, 2.75) is 40.3 Å². The molecule has 1 aromatic rings. The summed E-state index contributed by atoms with van der Waals surface area (Å²) in [6.07, 6.45) is 1.06. The summed E-state index contributed by atoms with van der Waals surface area (Å²) in [5.41, 5.74) is 8.10. The quantitative estimate of drug-likeness (QED) is 0.790. The normalized spacial score (nSPS) is 11.6. The van der Waals surface area contributed by atoms with Gasteiger partial charge in [-0.3, -0.25) is 0 Å². The van der Waals surface area contributed by atoms with E-state index in [4.69, 9.17) is 15.2 Å². The number of methoxy groups -OCH3 is 1. The van der Waals surface area contributed by atoms with Gasteiger partial charge in [0.15, 0.2) is 0 Å². The molecule has 102 valence electrons. The lowest BCUT2D eigenvalue weighted by atomic mass is 9.93. The SMILES string of the molecule is COc1cc(COCCC(C)(C)C)ccc1CN. The molecule has 0 saturated heterocycles. The van der Waals surface area contributed by atoms with Crippen molar-refractivity contribution < 1.29 is 9.47 Å². The Labute approximate surface area is 110 Å². The maximum absolute atomic E-state index is 5.68. The van der Waals surface area contributed by atoms with Gasteiger partial charge in [0.25, 0.3) is 0 Å². The lowest BCUT2D eigenvalue weighted by Gasteiger charge is -2.17. The molecule has 0 unspecified atom stereocenters. The fourth-order valence-electron chi connectivity index (χ4n) is 1.62. The molecule has 3 heteroatoms. The molecule has 0 aliphatic heterocycles. The van der Waals surface area contributed by atoms with Crippen LogP contribution in [0.2, 0.25) is 0 Å². The lowest BCUT2D eigenvalue weighted by Crippen LogP contribution is -2.09. The number of hydrogen-bond acceptors (Lipinski definition) is 3. The minimum atomic E-state index is 0.321. The molecule has 2 N–H and O–H groups in total. The molecular formula is C15H25NO2. The summed E-state index contributed by atoms with van der Waals surface area (Å²) in [7, 11) is 1.67. The highest BCUT2D eigenvalue weighted by Gasteiger charge is 2.09. The first-order valence-corrected chi connectivity index (χ1v) is 6.40. The summed E-state index contributed by atoms with van der Waals surface area (Å²) in [4.78, 5) is 0.